The van der Waals surface area contributed by atoms with Crippen molar-refractivity contribution in [1.29, 1.82) is 0 Å². The van der Waals surface area contributed by atoms with Crippen LogP contribution in [0, 0.1) is 5.41 Å². The molecule has 0 bridgehead atoms. The molecule has 0 unspecified atom stereocenters. The first-order valence-corrected chi connectivity index (χ1v) is 4.25. The topological polar surface area (TPSA) is 63.6 Å². The summed E-state index contributed by atoms with van der Waals surface area (Å²) in [5.41, 5.74) is -1.84. The van der Waals surface area contributed by atoms with Gasteiger partial charge < -0.3 is 9.84 Å². The first-order chi connectivity index (χ1) is 5.78. The fraction of sp³-hybridized carbons (Fsp3) is 0.778. The standard InChI is InChI=1S/C9H14O4/c1-8(2,3)13-7(12)9(4-5-9)6(10)11/h4-5H2,1-3H3,(H,10,11). The van der Waals surface area contributed by atoms with Crippen LogP contribution in [0.25, 0.3) is 0 Å². The van der Waals surface area contributed by atoms with E-state index < -0.39 is 23.0 Å². The summed E-state index contributed by atoms with van der Waals surface area (Å²) < 4.78 is 5.01. The molecule has 0 aliphatic heterocycles. The van der Waals surface area contributed by atoms with E-state index in [9.17, 15) is 9.59 Å². The van der Waals surface area contributed by atoms with Crippen LogP contribution >= 0.6 is 0 Å². The summed E-state index contributed by atoms with van der Waals surface area (Å²) in [5, 5.41) is 8.77. The lowest BCUT2D eigenvalue weighted by Gasteiger charge is -2.21. The molecule has 0 aromatic rings. The van der Waals surface area contributed by atoms with E-state index in [2.05, 4.69) is 0 Å². The molecule has 1 aliphatic carbocycles. The second-order valence-electron chi connectivity index (χ2n) is 4.39. The van der Waals surface area contributed by atoms with Crippen molar-refractivity contribution < 1.29 is 19.4 Å². The van der Waals surface area contributed by atoms with Gasteiger partial charge in [0, 0.05) is 0 Å². The number of esters is 1. The molecule has 0 aromatic heterocycles. The molecular weight excluding hydrogens is 172 g/mol. The van der Waals surface area contributed by atoms with Crippen molar-refractivity contribution >= 4 is 11.9 Å². The largest absolute Gasteiger partial charge is 0.480 e. The Morgan fingerprint density at radius 3 is 2.00 bits per heavy atom. The third kappa shape index (κ3) is 1.99. The summed E-state index contributed by atoms with van der Waals surface area (Å²) in [5.74, 6) is -1.67. The van der Waals surface area contributed by atoms with E-state index in [1.54, 1.807) is 20.8 Å². The Hall–Kier alpha value is -1.06. The van der Waals surface area contributed by atoms with Crippen LogP contribution in [0.3, 0.4) is 0 Å². The molecule has 13 heavy (non-hydrogen) atoms. The molecule has 74 valence electrons. The summed E-state index contributed by atoms with van der Waals surface area (Å²) >= 11 is 0. The highest BCUT2D eigenvalue weighted by molar-refractivity contribution is 6.02. The maximum Gasteiger partial charge on any atom is 0.323 e. The van der Waals surface area contributed by atoms with Crippen LogP contribution in [-0.2, 0) is 14.3 Å². The normalized spacial score (nSPS) is 19.3. The zero-order valence-corrected chi connectivity index (χ0v) is 8.09. The summed E-state index contributed by atoms with van der Waals surface area (Å²) in [6, 6.07) is 0. The lowest BCUT2D eigenvalue weighted by Crippen LogP contribution is -2.34. The Kier molecular flexibility index (Phi) is 2.10. The Labute approximate surface area is 76.9 Å². The monoisotopic (exact) mass is 186 g/mol. The number of carbonyl (C=O) groups is 2. The summed E-state index contributed by atoms with van der Waals surface area (Å²) in [6.07, 6.45) is 0.800. The van der Waals surface area contributed by atoms with E-state index in [-0.39, 0.29) is 0 Å². The van der Waals surface area contributed by atoms with Crippen molar-refractivity contribution in [2.45, 2.75) is 39.2 Å². The zero-order chi connectivity index (χ0) is 10.3. The minimum atomic E-state index is -1.23. The highest BCUT2D eigenvalue weighted by Gasteiger charge is 2.59. The Morgan fingerprint density at radius 1 is 1.31 bits per heavy atom. The van der Waals surface area contributed by atoms with Crippen LogP contribution in [0.2, 0.25) is 0 Å². The van der Waals surface area contributed by atoms with Crippen molar-refractivity contribution in [2.24, 2.45) is 5.41 Å². The van der Waals surface area contributed by atoms with Crippen LogP contribution in [0.4, 0.5) is 0 Å². The SMILES string of the molecule is CC(C)(C)OC(=O)C1(C(=O)O)CC1. The molecule has 4 heteroatoms. The van der Waals surface area contributed by atoms with E-state index in [0.29, 0.717) is 12.8 Å². The van der Waals surface area contributed by atoms with Gasteiger partial charge in [-0.2, -0.15) is 0 Å². The minimum Gasteiger partial charge on any atom is -0.480 e. The van der Waals surface area contributed by atoms with Gasteiger partial charge in [0.15, 0.2) is 5.41 Å². The molecule has 1 rings (SSSR count). The number of rotatable bonds is 2. The molecule has 1 N–H and O–H groups in total. The van der Waals surface area contributed by atoms with E-state index in [4.69, 9.17) is 9.84 Å². The van der Waals surface area contributed by atoms with Crippen molar-refractivity contribution in [3.05, 3.63) is 0 Å². The predicted molar refractivity (Wildman–Crippen MR) is 45.1 cm³/mol. The molecule has 1 fully saturated rings. The number of aliphatic carboxylic acids is 1. The molecule has 1 saturated carbocycles. The van der Waals surface area contributed by atoms with Gasteiger partial charge in [0.25, 0.3) is 0 Å². The number of hydrogen-bond donors (Lipinski definition) is 1. The average Bonchev–Trinajstić information content (AvgIpc) is 2.59. The highest BCUT2D eigenvalue weighted by Crippen LogP contribution is 2.47. The molecule has 1 aliphatic rings. The molecule has 0 aromatic carbocycles. The molecule has 0 amide bonds. The predicted octanol–water partition coefficient (Wildman–Crippen LogP) is 1.19. The van der Waals surface area contributed by atoms with Crippen LogP contribution in [0.1, 0.15) is 33.6 Å². The first kappa shape index (κ1) is 10.0. The molecule has 0 saturated heterocycles. The van der Waals surface area contributed by atoms with Gasteiger partial charge in [0.1, 0.15) is 5.60 Å². The average molecular weight is 186 g/mol. The highest BCUT2D eigenvalue weighted by atomic mass is 16.6. The van der Waals surface area contributed by atoms with Gasteiger partial charge in [-0.3, -0.25) is 9.59 Å². The van der Waals surface area contributed by atoms with Crippen molar-refractivity contribution in [1.82, 2.24) is 0 Å². The number of carboxylic acid groups (broad SMARTS) is 1. The van der Waals surface area contributed by atoms with Crippen LogP contribution in [0.5, 0.6) is 0 Å². The summed E-state index contributed by atoms with van der Waals surface area (Å²) in [7, 11) is 0. The first-order valence-electron chi connectivity index (χ1n) is 4.25. The van der Waals surface area contributed by atoms with Crippen molar-refractivity contribution in [2.75, 3.05) is 0 Å². The van der Waals surface area contributed by atoms with Crippen LogP contribution in [0.15, 0.2) is 0 Å². The smallest absolute Gasteiger partial charge is 0.323 e. The van der Waals surface area contributed by atoms with Crippen molar-refractivity contribution in [3.63, 3.8) is 0 Å². The number of carboxylic acids is 1. The van der Waals surface area contributed by atoms with Gasteiger partial charge in [-0.1, -0.05) is 0 Å². The Morgan fingerprint density at radius 2 is 1.77 bits per heavy atom. The zero-order valence-electron chi connectivity index (χ0n) is 8.09. The molecule has 0 heterocycles. The van der Waals surface area contributed by atoms with Gasteiger partial charge >= 0.3 is 11.9 Å². The maximum atomic E-state index is 11.4. The molecule has 0 atom stereocenters. The Balaban J connectivity index is 2.64. The third-order valence-corrected chi connectivity index (χ3v) is 1.95. The minimum absolute atomic E-state index is 0.400. The molecule has 0 spiro atoms. The second-order valence-corrected chi connectivity index (χ2v) is 4.39. The van der Waals surface area contributed by atoms with E-state index in [1.807, 2.05) is 0 Å². The third-order valence-electron chi connectivity index (χ3n) is 1.95. The summed E-state index contributed by atoms with van der Waals surface area (Å²) in [6.45, 7) is 5.18. The van der Waals surface area contributed by atoms with Crippen LogP contribution < -0.4 is 0 Å². The fourth-order valence-corrected chi connectivity index (χ4v) is 1.01. The van der Waals surface area contributed by atoms with Crippen LogP contribution in [-0.4, -0.2) is 22.6 Å². The maximum absolute atomic E-state index is 11.4. The molecule has 4 nitrogen and oxygen atoms in total. The molecule has 0 radical (unpaired) electrons. The number of carbonyl (C=O) groups excluding carboxylic acids is 1. The number of ether oxygens (including phenoxy) is 1. The lowest BCUT2D eigenvalue weighted by molar-refractivity contribution is -0.169. The van der Waals surface area contributed by atoms with Crippen molar-refractivity contribution in [3.8, 4) is 0 Å². The van der Waals surface area contributed by atoms with E-state index in [0.717, 1.165) is 0 Å². The van der Waals surface area contributed by atoms with Gasteiger partial charge in [-0.15, -0.1) is 0 Å². The molecular formula is C9H14O4. The van der Waals surface area contributed by atoms with E-state index >= 15 is 0 Å². The van der Waals surface area contributed by atoms with Gasteiger partial charge in [-0.25, -0.2) is 0 Å². The number of hydrogen-bond acceptors (Lipinski definition) is 3. The summed E-state index contributed by atoms with van der Waals surface area (Å²) in [4.78, 5) is 22.1. The van der Waals surface area contributed by atoms with Gasteiger partial charge in [0.2, 0.25) is 0 Å². The van der Waals surface area contributed by atoms with Gasteiger partial charge in [0.05, 0.1) is 0 Å². The second kappa shape index (κ2) is 2.72. The Bertz CT molecular complexity index is 245. The van der Waals surface area contributed by atoms with Gasteiger partial charge in [-0.05, 0) is 33.6 Å². The fourth-order valence-electron chi connectivity index (χ4n) is 1.01. The van der Waals surface area contributed by atoms with E-state index in [1.165, 1.54) is 0 Å². The lowest BCUT2D eigenvalue weighted by atomic mass is 10.1. The quantitative estimate of drug-likeness (QED) is 0.519.